The molecule has 172 valence electrons. The Bertz CT molecular complexity index is 929. The summed E-state index contributed by atoms with van der Waals surface area (Å²) in [7, 11) is 1.47. The van der Waals surface area contributed by atoms with Crippen LogP contribution in [0.5, 0.6) is 5.75 Å². The number of nitrogens with one attached hydrogen (secondary N) is 1. The molecule has 1 amide bonds. The highest BCUT2D eigenvalue weighted by atomic mass is 35.5. The second kappa shape index (κ2) is 11.2. The van der Waals surface area contributed by atoms with E-state index < -0.39 is 11.0 Å². The van der Waals surface area contributed by atoms with E-state index in [0.29, 0.717) is 29.4 Å². The van der Waals surface area contributed by atoms with Crippen LogP contribution >= 0.6 is 11.6 Å². The van der Waals surface area contributed by atoms with E-state index >= 15 is 0 Å². The zero-order valence-electron chi connectivity index (χ0n) is 18.6. The van der Waals surface area contributed by atoms with Gasteiger partial charge in [0.1, 0.15) is 17.5 Å². The van der Waals surface area contributed by atoms with Crippen molar-refractivity contribution in [2.75, 3.05) is 12.0 Å². The van der Waals surface area contributed by atoms with Crippen molar-refractivity contribution in [2.24, 2.45) is 0 Å². The molecule has 3 rings (SSSR count). The summed E-state index contributed by atoms with van der Waals surface area (Å²) in [6, 6.07) is 11.6. The lowest BCUT2D eigenvalue weighted by molar-refractivity contribution is -0.384. The Labute approximate surface area is 193 Å². The summed E-state index contributed by atoms with van der Waals surface area (Å²) in [4.78, 5) is 26.6. The lowest BCUT2D eigenvalue weighted by atomic mass is 9.95. The van der Waals surface area contributed by atoms with Crippen molar-refractivity contribution in [3.05, 3.63) is 63.2 Å². The fraction of sp³-hybridized carbons (Fsp3) is 0.458. The maximum atomic E-state index is 13.3. The fourth-order valence-electron chi connectivity index (χ4n) is 4.26. The number of hydrogen-bond acceptors (Lipinski definition) is 5. The monoisotopic (exact) mass is 459 g/mol. The quantitative estimate of drug-likeness (QED) is 0.396. The first-order valence-corrected chi connectivity index (χ1v) is 11.4. The number of rotatable bonds is 9. The minimum atomic E-state index is -0.556. The van der Waals surface area contributed by atoms with Gasteiger partial charge >= 0.3 is 0 Å². The third kappa shape index (κ3) is 5.91. The summed E-state index contributed by atoms with van der Waals surface area (Å²) in [5.41, 5.74) is 1.20. The molecule has 1 saturated carbocycles. The van der Waals surface area contributed by atoms with Crippen LogP contribution in [0, 0.1) is 10.1 Å². The van der Waals surface area contributed by atoms with E-state index in [2.05, 4.69) is 5.32 Å². The number of methoxy groups -OCH3 is 1. The second-order valence-corrected chi connectivity index (χ2v) is 8.57. The SMILES string of the molecule is CCC(C(=O)NC1CCCCC1)N(Cc1ccc(Cl)cc1)c1ccc(OC)cc1[N+](=O)[O-]. The van der Waals surface area contributed by atoms with Gasteiger partial charge in [-0.3, -0.25) is 14.9 Å². The molecule has 0 bridgehead atoms. The number of nitro benzene ring substituents is 1. The van der Waals surface area contributed by atoms with E-state index in [4.69, 9.17) is 16.3 Å². The fourth-order valence-corrected chi connectivity index (χ4v) is 4.39. The number of nitrogens with zero attached hydrogens (tertiary/aromatic N) is 2. The maximum absolute atomic E-state index is 13.3. The van der Waals surface area contributed by atoms with E-state index in [9.17, 15) is 14.9 Å². The zero-order chi connectivity index (χ0) is 23.1. The van der Waals surface area contributed by atoms with Crippen LogP contribution in [0.15, 0.2) is 42.5 Å². The first kappa shape index (κ1) is 23.9. The molecule has 0 saturated heterocycles. The Morgan fingerprint density at radius 1 is 1.22 bits per heavy atom. The molecular weight excluding hydrogens is 430 g/mol. The summed E-state index contributed by atoms with van der Waals surface area (Å²) in [6.45, 7) is 2.26. The molecule has 1 aliphatic carbocycles. The number of halogens is 1. The number of carbonyl (C=O) groups excluding carboxylic acids is 1. The van der Waals surface area contributed by atoms with Crippen LogP contribution in [0.3, 0.4) is 0 Å². The number of nitro groups is 1. The molecule has 0 heterocycles. The summed E-state index contributed by atoms with van der Waals surface area (Å²) in [5, 5.41) is 15.7. The molecule has 2 aromatic carbocycles. The van der Waals surface area contributed by atoms with Crippen molar-refractivity contribution in [1.29, 1.82) is 0 Å². The molecule has 1 N–H and O–H groups in total. The predicted octanol–water partition coefficient (Wildman–Crippen LogP) is 5.49. The smallest absolute Gasteiger partial charge is 0.296 e. The highest BCUT2D eigenvalue weighted by molar-refractivity contribution is 6.30. The van der Waals surface area contributed by atoms with Crippen molar-refractivity contribution in [2.45, 2.75) is 64.1 Å². The lowest BCUT2D eigenvalue weighted by Crippen LogP contribution is -2.50. The van der Waals surface area contributed by atoms with Gasteiger partial charge in [-0.05, 0) is 49.1 Å². The van der Waals surface area contributed by atoms with E-state index in [-0.39, 0.29) is 17.6 Å². The largest absolute Gasteiger partial charge is 0.496 e. The van der Waals surface area contributed by atoms with Gasteiger partial charge in [0.25, 0.3) is 5.69 Å². The van der Waals surface area contributed by atoms with E-state index in [1.54, 1.807) is 24.3 Å². The average Bonchev–Trinajstić information content (AvgIpc) is 2.80. The van der Waals surface area contributed by atoms with Crippen LogP contribution in [-0.4, -0.2) is 30.0 Å². The predicted molar refractivity (Wildman–Crippen MR) is 126 cm³/mol. The minimum absolute atomic E-state index is 0.0952. The number of ether oxygens (including phenoxy) is 1. The Hall–Kier alpha value is -2.80. The van der Waals surface area contributed by atoms with Crippen LogP contribution in [0.1, 0.15) is 51.0 Å². The van der Waals surface area contributed by atoms with Gasteiger partial charge in [-0.1, -0.05) is 49.9 Å². The van der Waals surface area contributed by atoms with Crippen LogP contribution < -0.4 is 15.0 Å². The molecule has 8 heteroatoms. The maximum Gasteiger partial charge on any atom is 0.296 e. The number of benzene rings is 2. The topological polar surface area (TPSA) is 84.7 Å². The van der Waals surface area contributed by atoms with Gasteiger partial charge in [0.05, 0.1) is 18.1 Å². The molecule has 7 nitrogen and oxygen atoms in total. The highest BCUT2D eigenvalue weighted by Crippen LogP contribution is 2.35. The van der Waals surface area contributed by atoms with Crippen molar-refractivity contribution in [1.82, 2.24) is 5.32 Å². The molecule has 2 aromatic rings. The number of hydrogen-bond donors (Lipinski definition) is 1. The number of anilines is 1. The second-order valence-electron chi connectivity index (χ2n) is 8.13. The van der Waals surface area contributed by atoms with Gasteiger partial charge < -0.3 is 15.0 Å². The van der Waals surface area contributed by atoms with Crippen molar-refractivity contribution in [3.8, 4) is 5.75 Å². The van der Waals surface area contributed by atoms with Crippen molar-refractivity contribution >= 4 is 28.9 Å². The van der Waals surface area contributed by atoms with E-state index in [1.165, 1.54) is 19.6 Å². The Morgan fingerprint density at radius 2 is 1.91 bits per heavy atom. The normalized spacial score (nSPS) is 15.1. The van der Waals surface area contributed by atoms with Crippen molar-refractivity contribution in [3.63, 3.8) is 0 Å². The number of carbonyl (C=O) groups is 1. The summed E-state index contributed by atoms with van der Waals surface area (Å²) in [5.74, 6) is 0.296. The van der Waals surface area contributed by atoms with Gasteiger partial charge in [-0.25, -0.2) is 0 Å². The highest BCUT2D eigenvalue weighted by Gasteiger charge is 2.31. The van der Waals surface area contributed by atoms with Crippen molar-refractivity contribution < 1.29 is 14.5 Å². The van der Waals surface area contributed by atoms with Crippen LogP contribution in [0.2, 0.25) is 5.02 Å². The van der Waals surface area contributed by atoms with Gasteiger partial charge in [0.2, 0.25) is 5.91 Å². The summed E-state index contributed by atoms with van der Waals surface area (Å²) < 4.78 is 5.19. The third-order valence-electron chi connectivity index (χ3n) is 5.97. The molecule has 1 unspecified atom stereocenters. The number of amides is 1. The molecular formula is C24H30ClN3O4. The Morgan fingerprint density at radius 3 is 2.50 bits per heavy atom. The van der Waals surface area contributed by atoms with Gasteiger partial charge in [-0.2, -0.15) is 0 Å². The zero-order valence-corrected chi connectivity index (χ0v) is 19.3. The molecule has 0 spiro atoms. The molecule has 32 heavy (non-hydrogen) atoms. The molecule has 0 radical (unpaired) electrons. The Balaban J connectivity index is 1.98. The van der Waals surface area contributed by atoms with Gasteiger partial charge in [-0.15, -0.1) is 0 Å². The van der Waals surface area contributed by atoms with E-state index in [0.717, 1.165) is 31.2 Å². The third-order valence-corrected chi connectivity index (χ3v) is 6.22. The summed E-state index contributed by atoms with van der Waals surface area (Å²) >= 11 is 6.03. The first-order valence-electron chi connectivity index (χ1n) is 11.1. The standard InChI is InChI=1S/C24H30ClN3O4/c1-3-21(24(29)26-19-7-5-4-6-8-19)27(16-17-9-11-18(25)12-10-17)22-14-13-20(32-2)15-23(22)28(30)31/h9-15,19,21H,3-8,16H2,1-2H3,(H,26,29). The lowest BCUT2D eigenvalue weighted by Gasteiger charge is -2.34. The van der Waals surface area contributed by atoms with Crippen LogP contribution in [-0.2, 0) is 11.3 Å². The van der Waals surface area contributed by atoms with Gasteiger partial charge in [0, 0.05) is 17.6 Å². The summed E-state index contributed by atoms with van der Waals surface area (Å²) in [6.07, 6.45) is 5.88. The minimum Gasteiger partial charge on any atom is -0.496 e. The van der Waals surface area contributed by atoms with Crippen LogP contribution in [0.25, 0.3) is 0 Å². The molecule has 1 atom stereocenters. The van der Waals surface area contributed by atoms with Crippen LogP contribution in [0.4, 0.5) is 11.4 Å². The molecule has 1 fully saturated rings. The average molecular weight is 460 g/mol. The Kier molecular flexibility index (Phi) is 8.33. The molecule has 0 aliphatic heterocycles. The molecule has 1 aliphatic rings. The first-order chi connectivity index (χ1) is 15.4. The van der Waals surface area contributed by atoms with Gasteiger partial charge in [0.15, 0.2) is 0 Å². The molecule has 0 aromatic heterocycles. The van der Waals surface area contributed by atoms with E-state index in [1.807, 2.05) is 24.0 Å².